The Labute approximate surface area is 219 Å². The van der Waals surface area contributed by atoms with Gasteiger partial charge in [-0.05, 0) is 37.5 Å². The van der Waals surface area contributed by atoms with Crippen molar-refractivity contribution in [2.24, 2.45) is 22.2 Å². The fourth-order valence-corrected chi connectivity index (χ4v) is 3.37. The predicted molar refractivity (Wildman–Crippen MR) is 139 cm³/mol. The number of carbonyl (C=O) groups excluding carboxylic acids is 3. The number of nitrogens with one attached hydrogen (secondary N) is 3. The summed E-state index contributed by atoms with van der Waals surface area (Å²) in [6, 6.07) is 0.674. The lowest BCUT2D eigenvalue weighted by molar-refractivity contribution is -0.143. The maximum atomic E-state index is 12.8. The number of thiol groups is 1. The van der Waals surface area contributed by atoms with E-state index in [2.05, 4.69) is 33.6 Å². The Morgan fingerprint density at radius 2 is 1.59 bits per heavy atom. The molecule has 0 aliphatic heterocycles. The number of nitrogens with zero attached hydrogens (tertiary/aromatic N) is 1. The summed E-state index contributed by atoms with van der Waals surface area (Å²) in [6.45, 7) is 1.51. The first-order valence-electron chi connectivity index (χ1n) is 11.4. The summed E-state index contributed by atoms with van der Waals surface area (Å²) in [5.74, 6) is -4.00. The zero-order chi connectivity index (χ0) is 28.1. The summed E-state index contributed by atoms with van der Waals surface area (Å²) in [5.41, 5.74) is 16.8. The third kappa shape index (κ3) is 11.4. The van der Waals surface area contributed by atoms with Gasteiger partial charge >= 0.3 is 5.97 Å². The number of benzene rings is 1. The van der Waals surface area contributed by atoms with E-state index >= 15 is 0 Å². The summed E-state index contributed by atoms with van der Waals surface area (Å²) in [6.07, 6.45) is -0.859. The Balaban J connectivity index is 2.79. The van der Waals surface area contributed by atoms with Crippen molar-refractivity contribution < 1.29 is 34.5 Å². The molecule has 12 N–H and O–H groups in total. The average molecular weight is 542 g/mol. The Morgan fingerprint density at radius 1 is 1.00 bits per heavy atom. The maximum Gasteiger partial charge on any atom is 0.326 e. The van der Waals surface area contributed by atoms with Gasteiger partial charge in [-0.2, -0.15) is 12.6 Å². The van der Waals surface area contributed by atoms with Crippen LogP contribution in [-0.2, 0) is 25.6 Å². The number of nitrogens with two attached hydrogens (primary N) is 3. The molecule has 14 nitrogen and oxygen atoms in total. The van der Waals surface area contributed by atoms with E-state index < -0.39 is 54.0 Å². The molecule has 206 valence electrons. The quantitative estimate of drug-likeness (QED) is 0.0471. The molecule has 5 unspecified atom stereocenters. The van der Waals surface area contributed by atoms with Crippen LogP contribution < -0.4 is 33.2 Å². The zero-order valence-corrected chi connectivity index (χ0v) is 21.2. The summed E-state index contributed by atoms with van der Waals surface area (Å²) >= 11 is 4.06. The molecule has 0 heterocycles. The van der Waals surface area contributed by atoms with Crippen LogP contribution in [0, 0.1) is 0 Å². The Hall–Kier alpha value is -3.56. The second kappa shape index (κ2) is 15.5. The number of carbonyl (C=O) groups is 4. The molecule has 0 aliphatic rings. The summed E-state index contributed by atoms with van der Waals surface area (Å²) in [5, 5.41) is 36.0. The van der Waals surface area contributed by atoms with Crippen molar-refractivity contribution in [3.05, 3.63) is 29.8 Å². The largest absolute Gasteiger partial charge is 0.508 e. The summed E-state index contributed by atoms with van der Waals surface area (Å²) in [7, 11) is 0. The molecule has 0 spiro atoms. The number of carboxylic acid groups (broad SMARTS) is 1. The number of aliphatic hydroxyl groups is 1. The predicted octanol–water partition coefficient (Wildman–Crippen LogP) is -2.83. The van der Waals surface area contributed by atoms with Gasteiger partial charge in [-0.1, -0.05) is 12.1 Å². The van der Waals surface area contributed by atoms with Crippen LogP contribution in [0.3, 0.4) is 0 Å². The Morgan fingerprint density at radius 3 is 2.11 bits per heavy atom. The van der Waals surface area contributed by atoms with Gasteiger partial charge in [0.2, 0.25) is 17.7 Å². The zero-order valence-electron chi connectivity index (χ0n) is 20.3. The average Bonchev–Trinajstić information content (AvgIpc) is 2.83. The third-order valence-corrected chi connectivity index (χ3v) is 5.54. The number of guanidine groups is 1. The van der Waals surface area contributed by atoms with Crippen LogP contribution in [0.1, 0.15) is 25.3 Å². The molecule has 1 aromatic rings. The van der Waals surface area contributed by atoms with Crippen LogP contribution in [0.5, 0.6) is 5.75 Å². The van der Waals surface area contributed by atoms with Crippen molar-refractivity contribution in [3.63, 3.8) is 0 Å². The highest BCUT2D eigenvalue weighted by molar-refractivity contribution is 7.80. The fraction of sp³-hybridized carbons (Fsp3) is 0.500. The molecule has 0 saturated heterocycles. The third-order valence-electron chi connectivity index (χ3n) is 5.17. The van der Waals surface area contributed by atoms with Crippen LogP contribution in [-0.4, -0.2) is 87.5 Å². The Bertz CT molecular complexity index is 955. The smallest absolute Gasteiger partial charge is 0.326 e. The van der Waals surface area contributed by atoms with Crippen molar-refractivity contribution >= 4 is 42.3 Å². The van der Waals surface area contributed by atoms with Crippen LogP contribution in [0.2, 0.25) is 0 Å². The normalized spacial score (nSPS) is 14.8. The molecule has 0 bridgehead atoms. The van der Waals surface area contributed by atoms with Crippen molar-refractivity contribution in [3.8, 4) is 5.75 Å². The first kappa shape index (κ1) is 31.5. The van der Waals surface area contributed by atoms with E-state index in [0.29, 0.717) is 12.0 Å². The number of aliphatic carboxylic acids is 1. The molecule has 0 aromatic heterocycles. The van der Waals surface area contributed by atoms with E-state index in [4.69, 9.17) is 17.2 Å². The minimum absolute atomic E-state index is 0.00530. The molecule has 1 aromatic carbocycles. The molecule has 1 rings (SSSR count). The summed E-state index contributed by atoms with van der Waals surface area (Å²) in [4.78, 5) is 53.3. The first-order chi connectivity index (χ1) is 17.3. The molecule has 37 heavy (non-hydrogen) atoms. The number of phenolic OH excluding ortho intramolecular Hbond substituents is 1. The van der Waals surface area contributed by atoms with E-state index in [9.17, 15) is 34.5 Å². The number of phenols is 1. The second-order valence-corrected chi connectivity index (χ2v) is 8.66. The fourth-order valence-electron chi connectivity index (χ4n) is 3.11. The summed E-state index contributed by atoms with van der Waals surface area (Å²) < 4.78 is 0. The van der Waals surface area contributed by atoms with Crippen LogP contribution >= 0.6 is 12.6 Å². The minimum Gasteiger partial charge on any atom is -0.508 e. The number of hydrogen-bond donors (Lipinski definition) is 10. The van der Waals surface area contributed by atoms with E-state index in [-0.39, 0.29) is 36.8 Å². The topological polar surface area (TPSA) is 255 Å². The van der Waals surface area contributed by atoms with Gasteiger partial charge in [0.1, 0.15) is 23.9 Å². The van der Waals surface area contributed by atoms with Crippen molar-refractivity contribution in [1.29, 1.82) is 0 Å². The van der Waals surface area contributed by atoms with Gasteiger partial charge in [0.25, 0.3) is 0 Å². The number of carboxylic acids is 1. The highest BCUT2D eigenvalue weighted by Gasteiger charge is 2.32. The van der Waals surface area contributed by atoms with E-state index in [1.165, 1.54) is 31.2 Å². The highest BCUT2D eigenvalue weighted by Crippen LogP contribution is 2.12. The van der Waals surface area contributed by atoms with Gasteiger partial charge in [-0.15, -0.1) is 0 Å². The molecule has 0 saturated carbocycles. The minimum atomic E-state index is -1.53. The van der Waals surface area contributed by atoms with Gasteiger partial charge in [0, 0.05) is 18.7 Å². The Kier molecular flexibility index (Phi) is 13.2. The van der Waals surface area contributed by atoms with E-state index in [1.54, 1.807) is 0 Å². The van der Waals surface area contributed by atoms with Gasteiger partial charge in [0.15, 0.2) is 5.96 Å². The van der Waals surface area contributed by atoms with Gasteiger partial charge in [-0.3, -0.25) is 19.4 Å². The maximum absolute atomic E-state index is 12.8. The standard InChI is InChI=1S/C22H35N7O7S/c1-11(30)17(20(34)27-15(21(35)36)9-12-4-6-13(31)7-5-12)29-19(33)16(10-37)28-18(32)14(23)3-2-8-26-22(24)25/h4-7,11,14-17,30-31,37H,2-3,8-10,23H2,1H3,(H,27,34)(H,28,32)(H,29,33)(H,35,36)(H4,24,25,26). The van der Waals surface area contributed by atoms with Crippen LogP contribution in [0.15, 0.2) is 29.3 Å². The molecular formula is C22H35N7O7S. The van der Waals surface area contributed by atoms with Crippen LogP contribution in [0.4, 0.5) is 0 Å². The molecule has 15 heteroatoms. The van der Waals surface area contributed by atoms with Crippen molar-refractivity contribution in [2.45, 2.75) is 56.5 Å². The highest BCUT2D eigenvalue weighted by atomic mass is 32.1. The molecule has 0 fully saturated rings. The van der Waals surface area contributed by atoms with Crippen LogP contribution in [0.25, 0.3) is 0 Å². The monoisotopic (exact) mass is 541 g/mol. The lowest BCUT2D eigenvalue weighted by Gasteiger charge is -2.26. The van der Waals surface area contributed by atoms with Crippen molar-refractivity contribution in [2.75, 3.05) is 12.3 Å². The molecule has 0 aliphatic carbocycles. The van der Waals surface area contributed by atoms with Gasteiger partial charge in [-0.25, -0.2) is 4.79 Å². The molecule has 0 radical (unpaired) electrons. The molecular weight excluding hydrogens is 506 g/mol. The van der Waals surface area contributed by atoms with E-state index in [0.717, 1.165) is 0 Å². The lowest BCUT2D eigenvalue weighted by atomic mass is 10.0. The SMILES string of the molecule is CC(O)C(NC(=O)C(CS)NC(=O)C(N)CCCN=C(N)N)C(=O)NC(Cc1ccc(O)cc1)C(=O)O. The second-order valence-electron chi connectivity index (χ2n) is 8.30. The number of aromatic hydroxyl groups is 1. The first-order valence-corrected chi connectivity index (χ1v) is 12.0. The van der Waals surface area contributed by atoms with Gasteiger partial charge < -0.3 is 48.5 Å². The number of aliphatic imine (C=N–C) groups is 1. The van der Waals surface area contributed by atoms with E-state index in [1.807, 2.05) is 0 Å². The van der Waals surface area contributed by atoms with Crippen molar-refractivity contribution in [1.82, 2.24) is 16.0 Å². The lowest BCUT2D eigenvalue weighted by Crippen LogP contribution is -2.60. The number of amides is 3. The molecule has 3 amide bonds. The number of hydrogen-bond acceptors (Lipinski definition) is 9. The number of rotatable bonds is 15. The number of aliphatic hydroxyl groups excluding tert-OH is 1. The van der Waals surface area contributed by atoms with Gasteiger partial charge in [0.05, 0.1) is 12.1 Å². The molecule has 5 atom stereocenters.